The number of Topliss-reactive ketones (excluding diaryl/α,β-unsaturated/α-hetero) is 1. The Labute approximate surface area is 111 Å². The fourth-order valence-electron chi connectivity index (χ4n) is 1.68. The lowest BCUT2D eigenvalue weighted by atomic mass is 10.1. The first-order valence-electron chi connectivity index (χ1n) is 5.97. The van der Waals surface area contributed by atoms with Crippen molar-refractivity contribution in [2.24, 2.45) is 0 Å². The Hall–Kier alpha value is -2.42. The zero-order valence-corrected chi connectivity index (χ0v) is 10.6. The molecule has 0 aromatic heterocycles. The Kier molecular flexibility index (Phi) is 4.08. The van der Waals surface area contributed by atoms with E-state index in [9.17, 15) is 9.59 Å². The van der Waals surface area contributed by atoms with Gasteiger partial charge in [-0.15, -0.1) is 0 Å². The Bertz CT molecular complexity index is 585. The molecule has 0 saturated carbocycles. The van der Waals surface area contributed by atoms with Crippen LogP contribution in [0.15, 0.2) is 48.5 Å². The highest BCUT2D eigenvalue weighted by molar-refractivity contribution is 5.97. The number of carbonyl (C=O) groups excluding carboxylic acids is 2. The van der Waals surface area contributed by atoms with Crippen LogP contribution in [0.1, 0.15) is 26.3 Å². The summed E-state index contributed by atoms with van der Waals surface area (Å²) >= 11 is 0. The van der Waals surface area contributed by atoms with Gasteiger partial charge in [0, 0.05) is 11.1 Å². The summed E-state index contributed by atoms with van der Waals surface area (Å²) in [7, 11) is 0. The van der Waals surface area contributed by atoms with Crippen LogP contribution in [0.2, 0.25) is 0 Å². The van der Waals surface area contributed by atoms with Crippen LogP contribution in [0.25, 0.3) is 0 Å². The second-order valence-electron chi connectivity index (χ2n) is 4.27. The monoisotopic (exact) mass is 254 g/mol. The lowest BCUT2D eigenvalue weighted by Gasteiger charge is -2.06. The third-order valence-corrected chi connectivity index (χ3v) is 2.73. The molecular formula is C16H14O3. The van der Waals surface area contributed by atoms with Crippen LogP contribution >= 0.6 is 0 Å². The maximum atomic E-state index is 11.9. The minimum absolute atomic E-state index is 0.0100. The second-order valence-corrected chi connectivity index (χ2v) is 4.27. The third-order valence-electron chi connectivity index (χ3n) is 2.73. The standard InChI is InChI=1S/C16H14O3/c1-12-3-2-4-15(9-12)19-11-16(18)14-7-5-13(10-17)6-8-14/h2-10H,11H2,1H3. The average molecular weight is 254 g/mol. The molecule has 3 heteroatoms. The van der Waals surface area contributed by atoms with Crippen molar-refractivity contribution >= 4 is 12.1 Å². The van der Waals surface area contributed by atoms with Crippen LogP contribution in [0.4, 0.5) is 0 Å². The first-order chi connectivity index (χ1) is 9.19. The van der Waals surface area contributed by atoms with E-state index in [4.69, 9.17) is 4.74 Å². The molecule has 0 aliphatic heterocycles. The van der Waals surface area contributed by atoms with Gasteiger partial charge < -0.3 is 4.74 Å². The maximum absolute atomic E-state index is 11.9. The van der Waals surface area contributed by atoms with E-state index in [0.29, 0.717) is 16.9 Å². The molecule has 19 heavy (non-hydrogen) atoms. The van der Waals surface area contributed by atoms with Crippen molar-refractivity contribution in [3.8, 4) is 5.75 Å². The molecule has 2 rings (SSSR count). The van der Waals surface area contributed by atoms with Crippen LogP contribution in [0.3, 0.4) is 0 Å². The van der Waals surface area contributed by atoms with E-state index >= 15 is 0 Å². The molecule has 0 aliphatic rings. The Balaban J connectivity index is 1.99. The smallest absolute Gasteiger partial charge is 0.200 e. The molecule has 0 saturated heterocycles. The summed E-state index contributed by atoms with van der Waals surface area (Å²) in [6.45, 7) is 1.96. The highest BCUT2D eigenvalue weighted by atomic mass is 16.5. The highest BCUT2D eigenvalue weighted by Crippen LogP contribution is 2.13. The lowest BCUT2D eigenvalue weighted by Crippen LogP contribution is -2.11. The van der Waals surface area contributed by atoms with E-state index < -0.39 is 0 Å². The molecule has 0 bridgehead atoms. The summed E-state index contributed by atoms with van der Waals surface area (Å²) in [5, 5.41) is 0. The van der Waals surface area contributed by atoms with Crippen LogP contribution in [-0.4, -0.2) is 18.7 Å². The van der Waals surface area contributed by atoms with Gasteiger partial charge in [0.15, 0.2) is 12.4 Å². The zero-order chi connectivity index (χ0) is 13.7. The number of hydrogen-bond donors (Lipinski definition) is 0. The van der Waals surface area contributed by atoms with Crippen molar-refractivity contribution in [2.45, 2.75) is 6.92 Å². The molecule has 0 heterocycles. The Morgan fingerprint density at radius 1 is 1.16 bits per heavy atom. The number of aldehydes is 1. The number of carbonyl (C=O) groups is 2. The number of ketones is 1. The molecule has 0 aliphatic carbocycles. The molecule has 3 nitrogen and oxygen atoms in total. The van der Waals surface area contributed by atoms with E-state index in [1.54, 1.807) is 24.3 Å². The average Bonchev–Trinajstić information content (AvgIpc) is 2.45. The fourth-order valence-corrected chi connectivity index (χ4v) is 1.68. The largest absolute Gasteiger partial charge is 0.485 e. The van der Waals surface area contributed by atoms with E-state index in [2.05, 4.69) is 0 Å². The van der Waals surface area contributed by atoms with Crippen molar-refractivity contribution < 1.29 is 14.3 Å². The molecule has 0 radical (unpaired) electrons. The molecule has 0 amide bonds. The Morgan fingerprint density at radius 3 is 2.53 bits per heavy atom. The number of hydrogen-bond acceptors (Lipinski definition) is 3. The van der Waals surface area contributed by atoms with Gasteiger partial charge in [-0.3, -0.25) is 9.59 Å². The summed E-state index contributed by atoms with van der Waals surface area (Å²) in [5.74, 6) is 0.566. The number of benzene rings is 2. The topological polar surface area (TPSA) is 43.4 Å². The molecule has 2 aromatic carbocycles. The normalized spacial score (nSPS) is 9.95. The number of rotatable bonds is 5. The van der Waals surface area contributed by atoms with Gasteiger partial charge in [-0.25, -0.2) is 0 Å². The zero-order valence-electron chi connectivity index (χ0n) is 10.6. The van der Waals surface area contributed by atoms with E-state index in [-0.39, 0.29) is 12.4 Å². The quantitative estimate of drug-likeness (QED) is 0.608. The third kappa shape index (κ3) is 3.52. The summed E-state index contributed by atoms with van der Waals surface area (Å²) in [6, 6.07) is 14.0. The molecule has 96 valence electrons. The highest BCUT2D eigenvalue weighted by Gasteiger charge is 2.06. The Morgan fingerprint density at radius 2 is 1.89 bits per heavy atom. The predicted octanol–water partition coefficient (Wildman–Crippen LogP) is 3.07. The first kappa shape index (κ1) is 13.0. The van der Waals surface area contributed by atoms with Gasteiger partial charge in [0.1, 0.15) is 12.0 Å². The van der Waals surface area contributed by atoms with Gasteiger partial charge in [0.25, 0.3) is 0 Å². The molecule has 0 spiro atoms. The minimum atomic E-state index is -0.112. The molecule has 0 unspecified atom stereocenters. The SMILES string of the molecule is Cc1cccc(OCC(=O)c2ccc(C=O)cc2)c1. The summed E-state index contributed by atoms with van der Waals surface area (Å²) < 4.78 is 5.44. The minimum Gasteiger partial charge on any atom is -0.485 e. The molecule has 0 N–H and O–H groups in total. The number of ether oxygens (including phenoxy) is 1. The van der Waals surface area contributed by atoms with Crippen LogP contribution < -0.4 is 4.74 Å². The summed E-state index contributed by atoms with van der Waals surface area (Å²) in [6.07, 6.45) is 0.748. The van der Waals surface area contributed by atoms with Crippen molar-refractivity contribution in [1.82, 2.24) is 0 Å². The van der Waals surface area contributed by atoms with E-state index in [1.807, 2.05) is 31.2 Å². The molecule has 0 atom stereocenters. The number of aryl methyl sites for hydroxylation is 1. The molecular weight excluding hydrogens is 240 g/mol. The summed E-state index contributed by atoms with van der Waals surface area (Å²) in [5.41, 5.74) is 2.18. The van der Waals surface area contributed by atoms with E-state index in [0.717, 1.165) is 11.8 Å². The maximum Gasteiger partial charge on any atom is 0.200 e. The first-order valence-corrected chi connectivity index (χ1v) is 5.97. The van der Waals surface area contributed by atoms with Gasteiger partial charge >= 0.3 is 0 Å². The molecule has 0 fully saturated rings. The van der Waals surface area contributed by atoms with Gasteiger partial charge in [-0.05, 0) is 24.6 Å². The van der Waals surface area contributed by atoms with Gasteiger partial charge in [-0.1, -0.05) is 36.4 Å². The van der Waals surface area contributed by atoms with Crippen molar-refractivity contribution in [3.05, 3.63) is 65.2 Å². The van der Waals surface area contributed by atoms with E-state index in [1.165, 1.54) is 0 Å². The lowest BCUT2D eigenvalue weighted by molar-refractivity contribution is 0.0921. The van der Waals surface area contributed by atoms with Crippen LogP contribution in [-0.2, 0) is 0 Å². The van der Waals surface area contributed by atoms with Crippen molar-refractivity contribution in [2.75, 3.05) is 6.61 Å². The second kappa shape index (κ2) is 5.96. The van der Waals surface area contributed by atoms with Crippen LogP contribution in [0, 0.1) is 6.92 Å². The summed E-state index contributed by atoms with van der Waals surface area (Å²) in [4.78, 5) is 22.4. The van der Waals surface area contributed by atoms with Crippen LogP contribution in [0.5, 0.6) is 5.75 Å². The fraction of sp³-hybridized carbons (Fsp3) is 0.125. The van der Waals surface area contributed by atoms with Gasteiger partial charge in [0.2, 0.25) is 0 Å². The molecule has 2 aromatic rings. The van der Waals surface area contributed by atoms with Gasteiger partial charge in [0.05, 0.1) is 0 Å². The van der Waals surface area contributed by atoms with Gasteiger partial charge in [-0.2, -0.15) is 0 Å². The predicted molar refractivity (Wildman–Crippen MR) is 72.8 cm³/mol. The van der Waals surface area contributed by atoms with Crippen molar-refractivity contribution in [3.63, 3.8) is 0 Å². The van der Waals surface area contributed by atoms with Crippen molar-refractivity contribution in [1.29, 1.82) is 0 Å².